The van der Waals surface area contributed by atoms with Crippen molar-refractivity contribution in [2.45, 2.75) is 20.3 Å². The predicted molar refractivity (Wildman–Crippen MR) is 75.8 cm³/mol. The van der Waals surface area contributed by atoms with E-state index >= 15 is 0 Å². The summed E-state index contributed by atoms with van der Waals surface area (Å²) in [7, 11) is 2.85. The van der Waals surface area contributed by atoms with E-state index in [2.05, 4.69) is 10.4 Å². The molecule has 0 unspecified atom stereocenters. The Kier molecular flexibility index (Phi) is 5.48. The van der Waals surface area contributed by atoms with Gasteiger partial charge in [0.15, 0.2) is 0 Å². The molecule has 0 aliphatic heterocycles. The van der Waals surface area contributed by atoms with Gasteiger partial charge in [0.2, 0.25) is 11.7 Å². The highest BCUT2D eigenvalue weighted by atomic mass is 16.2. The van der Waals surface area contributed by atoms with E-state index in [-0.39, 0.29) is 18.1 Å². The van der Waals surface area contributed by atoms with Crippen molar-refractivity contribution >= 4 is 11.7 Å². The van der Waals surface area contributed by atoms with E-state index in [1.165, 1.54) is 14.1 Å². The molecule has 8 heteroatoms. The normalized spacial score (nSPS) is 10.4. The highest BCUT2D eigenvalue weighted by Gasteiger charge is 2.11. The lowest BCUT2D eigenvalue weighted by molar-refractivity contribution is -0.130. The zero-order chi connectivity index (χ0) is 15.3. The fourth-order valence-corrected chi connectivity index (χ4v) is 1.83. The second-order valence-electron chi connectivity index (χ2n) is 4.36. The van der Waals surface area contributed by atoms with Crippen molar-refractivity contribution in [3.63, 3.8) is 0 Å². The number of carbonyl (C=O) groups excluding carboxylic acids is 1. The Labute approximate surface area is 117 Å². The summed E-state index contributed by atoms with van der Waals surface area (Å²) < 4.78 is 2.05. The minimum Gasteiger partial charge on any atom is -0.364 e. The molecule has 0 fully saturated rings. The van der Waals surface area contributed by atoms with Crippen molar-refractivity contribution < 1.29 is 4.79 Å². The molecule has 0 aliphatic rings. The van der Waals surface area contributed by atoms with Crippen LogP contribution >= 0.6 is 0 Å². The molecule has 0 saturated heterocycles. The van der Waals surface area contributed by atoms with Gasteiger partial charge in [-0.2, -0.15) is 0 Å². The average molecular weight is 283 g/mol. The van der Waals surface area contributed by atoms with E-state index in [1.54, 1.807) is 4.90 Å². The fraction of sp³-hybridized carbons (Fsp3) is 0.667. The minimum atomic E-state index is -0.497. The third-order valence-electron chi connectivity index (χ3n) is 3.07. The number of aryl methyl sites for hydroxylation is 1. The molecule has 1 N–H and O–H groups in total. The number of nitrogens with one attached hydrogen (secondary N) is 1. The molecule has 0 radical (unpaired) electrons. The summed E-state index contributed by atoms with van der Waals surface area (Å²) in [4.78, 5) is 36.8. The summed E-state index contributed by atoms with van der Waals surface area (Å²) in [6, 6.07) is 0. The van der Waals surface area contributed by atoms with Gasteiger partial charge >= 0.3 is 5.69 Å². The van der Waals surface area contributed by atoms with Gasteiger partial charge in [-0.3, -0.25) is 14.2 Å². The summed E-state index contributed by atoms with van der Waals surface area (Å²) in [6.07, 6.45) is 0.273. The van der Waals surface area contributed by atoms with Crippen molar-refractivity contribution in [3.8, 4) is 0 Å². The monoisotopic (exact) mass is 283 g/mol. The second kappa shape index (κ2) is 6.88. The topological polar surface area (TPSA) is 89.2 Å². The zero-order valence-corrected chi connectivity index (χ0v) is 12.3. The smallest absolute Gasteiger partial charge is 0.346 e. The van der Waals surface area contributed by atoms with E-state index in [4.69, 9.17) is 0 Å². The molecule has 1 aromatic heterocycles. The number of rotatable bonds is 6. The van der Waals surface area contributed by atoms with Gasteiger partial charge in [0.25, 0.3) is 5.56 Å². The number of hydrogen-bond acceptors (Lipinski definition) is 5. The number of hydrogen-bond donors (Lipinski definition) is 1. The maximum atomic E-state index is 11.8. The van der Waals surface area contributed by atoms with Crippen LogP contribution in [-0.4, -0.2) is 44.8 Å². The number of nitrogens with zero attached hydrogens (tertiary/aromatic N) is 4. The van der Waals surface area contributed by atoms with Crippen molar-refractivity contribution in [2.24, 2.45) is 14.1 Å². The Hall–Kier alpha value is -2.12. The number of anilines is 1. The van der Waals surface area contributed by atoms with Gasteiger partial charge in [0, 0.05) is 40.2 Å². The highest BCUT2D eigenvalue weighted by Crippen LogP contribution is 1.95. The predicted octanol–water partition coefficient (Wildman–Crippen LogP) is -0.851. The van der Waals surface area contributed by atoms with Crippen LogP contribution in [0.2, 0.25) is 0 Å². The van der Waals surface area contributed by atoms with Gasteiger partial charge in [0.05, 0.1) is 0 Å². The third kappa shape index (κ3) is 3.46. The SMILES string of the molecule is CCN(CC)C(=O)CCNc1nn(C)c(=O)n(C)c1=O. The van der Waals surface area contributed by atoms with Crippen molar-refractivity contribution in [1.29, 1.82) is 0 Å². The molecular weight excluding hydrogens is 262 g/mol. The summed E-state index contributed by atoms with van der Waals surface area (Å²) in [5.74, 6) is 0.0890. The van der Waals surface area contributed by atoms with Crippen molar-refractivity contribution in [3.05, 3.63) is 20.8 Å². The standard InChI is InChI=1S/C12H21N5O3/c1-5-17(6-2)9(18)7-8-13-10-11(19)15(3)12(20)16(4)14-10/h5-8H2,1-4H3,(H,13,14). The van der Waals surface area contributed by atoms with Crippen LogP contribution in [0.5, 0.6) is 0 Å². The van der Waals surface area contributed by atoms with Gasteiger partial charge in [-0.05, 0) is 13.8 Å². The molecule has 20 heavy (non-hydrogen) atoms. The first kappa shape index (κ1) is 15.9. The molecule has 1 rings (SSSR count). The Morgan fingerprint density at radius 3 is 2.40 bits per heavy atom. The molecule has 0 aliphatic carbocycles. The molecule has 0 spiro atoms. The summed E-state index contributed by atoms with van der Waals surface area (Å²) >= 11 is 0. The van der Waals surface area contributed by atoms with Crippen molar-refractivity contribution in [2.75, 3.05) is 25.0 Å². The molecule has 0 aromatic carbocycles. The first-order chi connectivity index (χ1) is 9.42. The molecule has 1 aromatic rings. The first-order valence-corrected chi connectivity index (χ1v) is 6.58. The van der Waals surface area contributed by atoms with Gasteiger partial charge in [-0.25, -0.2) is 9.48 Å². The zero-order valence-electron chi connectivity index (χ0n) is 12.3. The van der Waals surface area contributed by atoms with E-state index in [1.807, 2.05) is 13.8 Å². The Morgan fingerprint density at radius 1 is 1.25 bits per heavy atom. The lowest BCUT2D eigenvalue weighted by Gasteiger charge is -2.18. The summed E-state index contributed by atoms with van der Waals surface area (Å²) in [5.41, 5.74) is -0.983. The number of carbonyl (C=O) groups is 1. The van der Waals surface area contributed by atoms with Gasteiger partial charge in [-0.15, -0.1) is 5.10 Å². The minimum absolute atomic E-state index is 0.0177. The van der Waals surface area contributed by atoms with Gasteiger partial charge < -0.3 is 10.2 Å². The largest absolute Gasteiger partial charge is 0.364 e. The van der Waals surface area contributed by atoms with Crippen LogP contribution in [0.4, 0.5) is 5.82 Å². The van der Waals surface area contributed by atoms with Crippen LogP contribution in [-0.2, 0) is 18.9 Å². The van der Waals surface area contributed by atoms with Crippen LogP contribution < -0.4 is 16.6 Å². The second-order valence-corrected chi connectivity index (χ2v) is 4.36. The Bertz CT molecular complexity index is 586. The van der Waals surface area contributed by atoms with E-state index < -0.39 is 11.2 Å². The van der Waals surface area contributed by atoms with Crippen LogP contribution in [0.25, 0.3) is 0 Å². The third-order valence-corrected chi connectivity index (χ3v) is 3.07. The maximum Gasteiger partial charge on any atom is 0.346 e. The van der Waals surface area contributed by atoms with E-state index in [9.17, 15) is 14.4 Å². The van der Waals surface area contributed by atoms with E-state index in [0.29, 0.717) is 19.6 Å². The first-order valence-electron chi connectivity index (χ1n) is 6.58. The summed E-state index contributed by atoms with van der Waals surface area (Å²) in [6.45, 7) is 5.46. The quantitative estimate of drug-likeness (QED) is 0.734. The fourth-order valence-electron chi connectivity index (χ4n) is 1.83. The van der Waals surface area contributed by atoms with Gasteiger partial charge in [0.1, 0.15) is 0 Å². The molecule has 1 heterocycles. The molecule has 0 saturated carbocycles. The molecule has 1 amide bonds. The molecule has 8 nitrogen and oxygen atoms in total. The molecule has 0 bridgehead atoms. The Morgan fingerprint density at radius 2 is 1.85 bits per heavy atom. The van der Waals surface area contributed by atoms with Crippen LogP contribution in [0, 0.1) is 0 Å². The number of amides is 1. The lowest BCUT2D eigenvalue weighted by atomic mass is 10.3. The molecule has 112 valence electrons. The van der Waals surface area contributed by atoms with Crippen molar-refractivity contribution in [1.82, 2.24) is 19.2 Å². The van der Waals surface area contributed by atoms with Gasteiger partial charge in [-0.1, -0.05) is 0 Å². The molecular formula is C12H21N5O3. The molecule has 0 atom stereocenters. The van der Waals surface area contributed by atoms with E-state index in [0.717, 1.165) is 9.25 Å². The average Bonchev–Trinajstić information content (AvgIpc) is 2.43. The lowest BCUT2D eigenvalue weighted by Crippen LogP contribution is -2.40. The Balaban J connectivity index is 2.71. The van der Waals surface area contributed by atoms with Crippen LogP contribution in [0.3, 0.4) is 0 Å². The summed E-state index contributed by atoms with van der Waals surface area (Å²) in [5, 5.41) is 6.65. The van der Waals surface area contributed by atoms with Crippen LogP contribution in [0.15, 0.2) is 9.59 Å². The van der Waals surface area contributed by atoms with Crippen LogP contribution in [0.1, 0.15) is 20.3 Å². The highest BCUT2D eigenvalue weighted by molar-refractivity contribution is 5.76. The maximum absolute atomic E-state index is 11.8. The number of aromatic nitrogens is 3.